The van der Waals surface area contributed by atoms with Gasteiger partial charge in [-0.3, -0.25) is 9.59 Å². The lowest BCUT2D eigenvalue weighted by Crippen LogP contribution is -2.30. The van der Waals surface area contributed by atoms with Crippen LogP contribution in [0.25, 0.3) is 0 Å². The molecule has 24 heavy (non-hydrogen) atoms. The molecule has 2 aromatic carbocycles. The van der Waals surface area contributed by atoms with Crippen LogP contribution in [0.1, 0.15) is 13.8 Å². The number of hydrogen-bond acceptors (Lipinski definition) is 4. The fourth-order valence-corrected chi connectivity index (χ4v) is 2.00. The molecule has 0 saturated carbocycles. The van der Waals surface area contributed by atoms with E-state index in [1.165, 1.54) is 6.92 Å². The zero-order valence-corrected chi connectivity index (χ0v) is 13.8. The highest BCUT2D eigenvalue weighted by Gasteiger charge is 2.15. The third-order valence-electron chi connectivity index (χ3n) is 3.21. The van der Waals surface area contributed by atoms with Gasteiger partial charge in [-0.15, -0.1) is 0 Å². The summed E-state index contributed by atoms with van der Waals surface area (Å²) in [5, 5.41) is 5.43. The van der Waals surface area contributed by atoms with E-state index in [1.807, 2.05) is 0 Å². The quantitative estimate of drug-likeness (QED) is 0.854. The smallest absolute Gasteiger partial charge is 0.265 e. The van der Waals surface area contributed by atoms with Crippen molar-refractivity contribution in [2.24, 2.45) is 0 Å². The summed E-state index contributed by atoms with van der Waals surface area (Å²) in [7, 11) is 1.59. The minimum Gasteiger partial charge on any atom is -0.497 e. The maximum absolute atomic E-state index is 12.2. The van der Waals surface area contributed by atoms with Crippen molar-refractivity contribution >= 4 is 23.2 Å². The first-order valence-electron chi connectivity index (χ1n) is 7.47. The zero-order chi connectivity index (χ0) is 17.5. The van der Waals surface area contributed by atoms with Crippen LogP contribution >= 0.6 is 0 Å². The number of hydrogen-bond donors (Lipinski definition) is 2. The molecule has 2 rings (SSSR count). The summed E-state index contributed by atoms with van der Waals surface area (Å²) in [6, 6.07) is 13.9. The van der Waals surface area contributed by atoms with Crippen LogP contribution in [0.3, 0.4) is 0 Å². The van der Waals surface area contributed by atoms with Gasteiger partial charge in [0.2, 0.25) is 5.91 Å². The van der Waals surface area contributed by atoms with Crippen molar-refractivity contribution in [2.75, 3.05) is 17.7 Å². The molecule has 2 N–H and O–H groups in total. The average molecular weight is 328 g/mol. The van der Waals surface area contributed by atoms with Crippen molar-refractivity contribution in [3.8, 4) is 11.5 Å². The van der Waals surface area contributed by atoms with Gasteiger partial charge in [0.15, 0.2) is 6.10 Å². The third-order valence-corrected chi connectivity index (χ3v) is 3.21. The van der Waals surface area contributed by atoms with Gasteiger partial charge in [-0.05, 0) is 55.5 Å². The molecule has 0 bridgehead atoms. The number of amides is 2. The second-order valence-corrected chi connectivity index (χ2v) is 5.18. The number of carbonyl (C=O) groups excluding carboxylic acids is 2. The van der Waals surface area contributed by atoms with Crippen LogP contribution < -0.4 is 20.1 Å². The Morgan fingerprint density at radius 1 is 0.875 bits per heavy atom. The molecule has 0 aromatic heterocycles. The average Bonchev–Trinajstić information content (AvgIpc) is 2.56. The maximum Gasteiger partial charge on any atom is 0.265 e. The summed E-state index contributed by atoms with van der Waals surface area (Å²) in [5.74, 6) is 0.893. The Morgan fingerprint density at radius 3 is 1.88 bits per heavy atom. The number of rotatable bonds is 6. The van der Waals surface area contributed by atoms with E-state index in [1.54, 1.807) is 62.6 Å². The number of benzene rings is 2. The van der Waals surface area contributed by atoms with Crippen LogP contribution in [-0.2, 0) is 9.59 Å². The molecule has 1 atom stereocenters. The molecular weight excluding hydrogens is 308 g/mol. The molecule has 0 saturated heterocycles. The Kier molecular flexibility index (Phi) is 5.78. The Bertz CT molecular complexity index is 696. The molecular formula is C18H20N2O4. The first kappa shape index (κ1) is 17.3. The molecule has 0 heterocycles. The molecule has 1 unspecified atom stereocenters. The predicted molar refractivity (Wildman–Crippen MR) is 92.5 cm³/mol. The monoisotopic (exact) mass is 328 g/mol. The van der Waals surface area contributed by atoms with Crippen molar-refractivity contribution < 1.29 is 19.1 Å². The fraction of sp³-hybridized carbons (Fsp3) is 0.222. The van der Waals surface area contributed by atoms with Crippen LogP contribution in [0.4, 0.5) is 11.4 Å². The summed E-state index contributed by atoms with van der Waals surface area (Å²) < 4.78 is 10.7. The minimum absolute atomic E-state index is 0.145. The van der Waals surface area contributed by atoms with Crippen molar-refractivity contribution in [1.29, 1.82) is 0 Å². The third kappa shape index (κ3) is 5.01. The Hall–Kier alpha value is -3.02. The summed E-state index contributed by atoms with van der Waals surface area (Å²) in [6.45, 7) is 3.11. The van der Waals surface area contributed by atoms with Crippen molar-refractivity contribution in [3.63, 3.8) is 0 Å². The molecule has 126 valence electrons. The Morgan fingerprint density at radius 2 is 1.38 bits per heavy atom. The fourth-order valence-electron chi connectivity index (χ4n) is 2.00. The minimum atomic E-state index is -0.659. The molecule has 0 aliphatic heterocycles. The second kappa shape index (κ2) is 8.01. The van der Waals surface area contributed by atoms with E-state index in [-0.39, 0.29) is 11.8 Å². The molecule has 0 fully saturated rings. The number of ether oxygens (including phenoxy) is 2. The zero-order valence-electron chi connectivity index (χ0n) is 13.8. The highest BCUT2D eigenvalue weighted by atomic mass is 16.5. The number of anilines is 2. The molecule has 0 aliphatic rings. The van der Waals surface area contributed by atoms with Crippen molar-refractivity contribution in [3.05, 3.63) is 48.5 Å². The van der Waals surface area contributed by atoms with Crippen molar-refractivity contribution in [1.82, 2.24) is 0 Å². The Balaban J connectivity index is 1.91. The molecule has 6 nitrogen and oxygen atoms in total. The van der Waals surface area contributed by atoms with Gasteiger partial charge in [0.05, 0.1) is 7.11 Å². The van der Waals surface area contributed by atoms with E-state index in [9.17, 15) is 9.59 Å². The van der Waals surface area contributed by atoms with E-state index in [4.69, 9.17) is 9.47 Å². The van der Waals surface area contributed by atoms with Crippen molar-refractivity contribution in [2.45, 2.75) is 20.0 Å². The lowest BCUT2D eigenvalue weighted by Gasteiger charge is -2.15. The standard InChI is InChI=1S/C18H20N2O4/c1-12(24-17-10-8-16(23-3)9-11-17)18(22)20-15-6-4-14(5-7-15)19-13(2)21/h4-12H,1-3H3,(H,19,21)(H,20,22). The van der Waals surface area contributed by atoms with Gasteiger partial charge >= 0.3 is 0 Å². The van der Waals surface area contributed by atoms with Gasteiger partial charge in [-0.2, -0.15) is 0 Å². The number of carbonyl (C=O) groups is 2. The lowest BCUT2D eigenvalue weighted by molar-refractivity contribution is -0.122. The normalized spacial score (nSPS) is 11.3. The van der Waals surface area contributed by atoms with Gasteiger partial charge in [0, 0.05) is 18.3 Å². The van der Waals surface area contributed by atoms with Crippen LogP contribution in [-0.4, -0.2) is 25.0 Å². The first-order chi connectivity index (χ1) is 11.5. The topological polar surface area (TPSA) is 76.7 Å². The van der Waals surface area contributed by atoms with E-state index in [2.05, 4.69) is 10.6 Å². The lowest BCUT2D eigenvalue weighted by atomic mass is 10.2. The molecule has 0 aliphatic carbocycles. The number of nitrogens with one attached hydrogen (secondary N) is 2. The van der Waals surface area contributed by atoms with E-state index in [0.29, 0.717) is 17.1 Å². The predicted octanol–water partition coefficient (Wildman–Crippen LogP) is 3.06. The van der Waals surface area contributed by atoms with Crippen LogP contribution in [0.5, 0.6) is 11.5 Å². The molecule has 2 amide bonds. The second-order valence-electron chi connectivity index (χ2n) is 5.18. The Labute approximate surface area is 140 Å². The highest BCUT2D eigenvalue weighted by Crippen LogP contribution is 2.19. The largest absolute Gasteiger partial charge is 0.497 e. The van der Waals surface area contributed by atoms with Gasteiger partial charge in [0.25, 0.3) is 5.91 Å². The van der Waals surface area contributed by atoms with Crippen LogP contribution in [0, 0.1) is 0 Å². The number of methoxy groups -OCH3 is 1. The van der Waals surface area contributed by atoms with Gasteiger partial charge in [-0.1, -0.05) is 0 Å². The van der Waals surface area contributed by atoms with Crippen LogP contribution in [0.2, 0.25) is 0 Å². The maximum atomic E-state index is 12.2. The SMILES string of the molecule is COc1ccc(OC(C)C(=O)Nc2ccc(NC(C)=O)cc2)cc1. The summed E-state index contributed by atoms with van der Waals surface area (Å²) in [4.78, 5) is 23.1. The molecule has 0 radical (unpaired) electrons. The van der Waals surface area contributed by atoms with Gasteiger partial charge < -0.3 is 20.1 Å². The first-order valence-corrected chi connectivity index (χ1v) is 7.47. The summed E-state index contributed by atoms with van der Waals surface area (Å²) >= 11 is 0. The van der Waals surface area contributed by atoms with Gasteiger partial charge in [-0.25, -0.2) is 0 Å². The highest BCUT2D eigenvalue weighted by molar-refractivity contribution is 5.94. The van der Waals surface area contributed by atoms with E-state index < -0.39 is 6.10 Å². The molecule has 6 heteroatoms. The summed E-state index contributed by atoms with van der Waals surface area (Å²) in [5.41, 5.74) is 1.29. The molecule has 0 spiro atoms. The van der Waals surface area contributed by atoms with Gasteiger partial charge in [0.1, 0.15) is 11.5 Å². The summed E-state index contributed by atoms with van der Waals surface area (Å²) in [6.07, 6.45) is -0.659. The van der Waals surface area contributed by atoms with Crippen LogP contribution in [0.15, 0.2) is 48.5 Å². The van der Waals surface area contributed by atoms with E-state index >= 15 is 0 Å². The molecule has 2 aromatic rings. The van der Waals surface area contributed by atoms with E-state index in [0.717, 1.165) is 5.75 Å².